The van der Waals surface area contributed by atoms with Crippen LogP contribution < -0.4 is 10.3 Å². The Morgan fingerprint density at radius 1 is 0.774 bits per heavy atom. The molecule has 1 N–H and O–H groups in total. The maximum Gasteiger partial charge on any atom is 0.265 e. The van der Waals surface area contributed by atoms with Crippen molar-refractivity contribution in [1.82, 2.24) is 20.1 Å². The van der Waals surface area contributed by atoms with E-state index in [4.69, 9.17) is 9.26 Å². The van der Waals surface area contributed by atoms with Crippen molar-refractivity contribution < 1.29 is 9.26 Å². The van der Waals surface area contributed by atoms with Crippen LogP contribution in [0.15, 0.2) is 100 Å². The van der Waals surface area contributed by atoms with Gasteiger partial charge >= 0.3 is 0 Å². The molecule has 0 unspecified atom stereocenters. The van der Waals surface area contributed by atoms with E-state index in [0.29, 0.717) is 17.4 Å². The number of hydrogen-bond acceptors (Lipinski definition) is 6. The Hall–Kier alpha value is -4.52. The van der Waals surface area contributed by atoms with Gasteiger partial charge in [0.2, 0.25) is 5.82 Å². The Labute approximate surface area is 177 Å². The molecule has 0 aliphatic carbocycles. The lowest BCUT2D eigenvalue weighted by Gasteiger charge is -2.05. The van der Waals surface area contributed by atoms with Gasteiger partial charge in [0.05, 0.1) is 0 Å². The average molecular weight is 408 g/mol. The molecule has 2 heterocycles. The topological polar surface area (TPSA) is 93.9 Å². The van der Waals surface area contributed by atoms with Crippen molar-refractivity contribution in [1.29, 1.82) is 0 Å². The first kappa shape index (κ1) is 18.5. The van der Waals surface area contributed by atoms with Gasteiger partial charge in [-0.05, 0) is 36.4 Å². The summed E-state index contributed by atoms with van der Waals surface area (Å²) in [5.41, 5.74) is 1.41. The zero-order chi connectivity index (χ0) is 21.0. The van der Waals surface area contributed by atoms with E-state index in [1.165, 1.54) is 6.20 Å². The van der Waals surface area contributed by atoms with Crippen LogP contribution in [0.2, 0.25) is 0 Å². The number of nitrogens with zero attached hydrogens (tertiary/aromatic N) is 3. The second kappa shape index (κ2) is 8.08. The summed E-state index contributed by atoms with van der Waals surface area (Å²) >= 11 is 0. The number of aromatic amines is 1. The van der Waals surface area contributed by atoms with Crippen molar-refractivity contribution >= 4 is 0 Å². The molecule has 0 radical (unpaired) electrons. The van der Waals surface area contributed by atoms with Gasteiger partial charge in [0.1, 0.15) is 22.9 Å². The van der Waals surface area contributed by atoms with Crippen molar-refractivity contribution in [2.75, 3.05) is 0 Å². The van der Waals surface area contributed by atoms with Crippen molar-refractivity contribution in [3.8, 4) is 45.7 Å². The number of hydrogen-bond donors (Lipinski definition) is 1. The summed E-state index contributed by atoms with van der Waals surface area (Å²) in [4.78, 5) is 24.0. The molecule has 7 nitrogen and oxygen atoms in total. The minimum absolute atomic E-state index is 0.105. The summed E-state index contributed by atoms with van der Waals surface area (Å²) in [6, 6.07) is 26.2. The van der Waals surface area contributed by atoms with E-state index in [-0.39, 0.29) is 17.0 Å². The van der Waals surface area contributed by atoms with Crippen LogP contribution in [-0.2, 0) is 0 Å². The van der Waals surface area contributed by atoms with Gasteiger partial charge in [-0.15, -0.1) is 0 Å². The smallest absolute Gasteiger partial charge is 0.265 e. The quantitative estimate of drug-likeness (QED) is 0.442. The molecule has 3 aromatic carbocycles. The van der Waals surface area contributed by atoms with E-state index in [9.17, 15) is 4.79 Å². The molecule has 0 fully saturated rings. The molecule has 0 aliphatic heterocycles. The zero-order valence-electron chi connectivity index (χ0n) is 16.2. The third-order valence-electron chi connectivity index (χ3n) is 4.59. The molecule has 31 heavy (non-hydrogen) atoms. The third-order valence-corrected chi connectivity index (χ3v) is 4.59. The number of rotatable bonds is 5. The van der Waals surface area contributed by atoms with Gasteiger partial charge in [-0.2, -0.15) is 4.98 Å². The minimum atomic E-state index is -0.351. The largest absolute Gasteiger partial charge is 0.457 e. The highest BCUT2D eigenvalue weighted by Crippen LogP contribution is 2.25. The summed E-state index contributed by atoms with van der Waals surface area (Å²) in [6.45, 7) is 0. The Morgan fingerprint density at radius 3 is 2.16 bits per heavy atom. The molecule has 0 spiro atoms. The van der Waals surface area contributed by atoms with Crippen molar-refractivity contribution in [2.45, 2.75) is 0 Å². The van der Waals surface area contributed by atoms with Crippen LogP contribution in [0.25, 0.3) is 34.2 Å². The SMILES string of the molecule is O=c1[nH]c(-c2ccccc2)ncc1-c1nc(-c2ccc(Oc3ccccc3)cc2)no1. The van der Waals surface area contributed by atoms with E-state index >= 15 is 0 Å². The predicted molar refractivity (Wildman–Crippen MR) is 116 cm³/mol. The van der Waals surface area contributed by atoms with Gasteiger partial charge in [-0.25, -0.2) is 4.98 Å². The normalized spacial score (nSPS) is 10.7. The predicted octanol–water partition coefficient (Wildman–Crippen LogP) is 4.95. The molecule has 0 saturated heterocycles. The second-order valence-electron chi connectivity index (χ2n) is 6.70. The Balaban J connectivity index is 1.37. The van der Waals surface area contributed by atoms with Gasteiger partial charge in [0.15, 0.2) is 0 Å². The summed E-state index contributed by atoms with van der Waals surface area (Å²) in [6.07, 6.45) is 1.44. The van der Waals surface area contributed by atoms with Crippen molar-refractivity contribution in [2.24, 2.45) is 0 Å². The van der Waals surface area contributed by atoms with Gasteiger partial charge in [0, 0.05) is 17.3 Å². The van der Waals surface area contributed by atoms with Crippen LogP contribution >= 0.6 is 0 Å². The van der Waals surface area contributed by atoms with Crippen LogP contribution in [0.1, 0.15) is 0 Å². The number of H-pyrrole nitrogens is 1. The first-order chi connectivity index (χ1) is 15.3. The minimum Gasteiger partial charge on any atom is -0.457 e. The molecule has 2 aromatic heterocycles. The molecule has 0 bridgehead atoms. The molecule has 0 amide bonds. The van der Waals surface area contributed by atoms with Crippen LogP contribution in [0, 0.1) is 0 Å². The van der Waals surface area contributed by atoms with E-state index < -0.39 is 0 Å². The number of para-hydroxylation sites is 1. The lowest BCUT2D eigenvalue weighted by Crippen LogP contribution is -2.11. The maximum absolute atomic E-state index is 12.5. The summed E-state index contributed by atoms with van der Waals surface area (Å²) < 4.78 is 11.1. The molecule has 0 saturated carbocycles. The van der Waals surface area contributed by atoms with Gasteiger partial charge in [0.25, 0.3) is 11.4 Å². The van der Waals surface area contributed by atoms with Gasteiger partial charge in [-0.3, -0.25) is 4.79 Å². The fraction of sp³-hybridized carbons (Fsp3) is 0. The number of nitrogens with one attached hydrogen (secondary N) is 1. The highest BCUT2D eigenvalue weighted by Gasteiger charge is 2.15. The van der Waals surface area contributed by atoms with Gasteiger partial charge in [-0.1, -0.05) is 53.7 Å². The molecular formula is C24H16N4O3. The Morgan fingerprint density at radius 2 is 1.45 bits per heavy atom. The number of ether oxygens (including phenoxy) is 1. The standard InChI is InChI=1S/C24H16N4O3/c29-23-20(15-25-21(26-23)16-7-3-1-4-8-16)24-27-22(28-31-24)17-11-13-19(14-12-17)30-18-9-5-2-6-10-18/h1-15H,(H,25,26,29). The monoisotopic (exact) mass is 408 g/mol. The number of benzene rings is 3. The van der Waals surface area contributed by atoms with Crippen LogP contribution in [0.3, 0.4) is 0 Å². The average Bonchev–Trinajstić information content (AvgIpc) is 3.31. The molecule has 0 atom stereocenters. The second-order valence-corrected chi connectivity index (χ2v) is 6.70. The lowest BCUT2D eigenvalue weighted by atomic mass is 10.2. The van der Waals surface area contributed by atoms with E-state index in [2.05, 4.69) is 20.1 Å². The van der Waals surface area contributed by atoms with E-state index in [1.807, 2.05) is 84.9 Å². The maximum atomic E-state index is 12.5. The molecule has 7 heteroatoms. The summed E-state index contributed by atoms with van der Waals surface area (Å²) in [5.74, 6) is 2.39. The zero-order valence-corrected chi connectivity index (χ0v) is 16.2. The highest BCUT2D eigenvalue weighted by molar-refractivity contribution is 5.61. The molecule has 0 aliphatic rings. The summed E-state index contributed by atoms with van der Waals surface area (Å²) in [7, 11) is 0. The number of aromatic nitrogens is 4. The molecule has 5 aromatic rings. The van der Waals surface area contributed by atoms with Gasteiger partial charge < -0.3 is 14.2 Å². The third kappa shape index (κ3) is 3.97. The van der Waals surface area contributed by atoms with E-state index in [1.54, 1.807) is 0 Å². The van der Waals surface area contributed by atoms with Crippen LogP contribution in [-0.4, -0.2) is 20.1 Å². The fourth-order valence-electron chi connectivity index (χ4n) is 3.04. The first-order valence-corrected chi connectivity index (χ1v) is 9.58. The van der Waals surface area contributed by atoms with Crippen molar-refractivity contribution in [3.05, 3.63) is 101 Å². The van der Waals surface area contributed by atoms with Crippen LogP contribution in [0.5, 0.6) is 11.5 Å². The Bertz CT molecular complexity index is 1360. The summed E-state index contributed by atoms with van der Waals surface area (Å²) in [5, 5.41) is 3.99. The van der Waals surface area contributed by atoms with Crippen LogP contribution in [0.4, 0.5) is 0 Å². The fourth-order valence-corrected chi connectivity index (χ4v) is 3.04. The molecule has 150 valence electrons. The Kier molecular flexibility index (Phi) is 4.82. The lowest BCUT2D eigenvalue weighted by molar-refractivity contribution is 0.431. The molecule has 5 rings (SSSR count). The van der Waals surface area contributed by atoms with E-state index in [0.717, 1.165) is 16.9 Å². The molecular weight excluding hydrogens is 392 g/mol. The van der Waals surface area contributed by atoms with Crippen molar-refractivity contribution in [3.63, 3.8) is 0 Å². The highest BCUT2D eigenvalue weighted by atomic mass is 16.5. The first-order valence-electron chi connectivity index (χ1n) is 9.58.